The van der Waals surface area contributed by atoms with Crippen LogP contribution in [0.5, 0.6) is 17.2 Å². The number of hydrogen-bond donors (Lipinski definition) is 1. The number of nitrogens with zero attached hydrogens (tertiary/aromatic N) is 2. The SMILES string of the molecule is C#C.COc1ccc(OC(=O)N(CC(=O)O)Cc2ccc(OCCc3nc(-c4ccccc4)oc3C)cc2)cc1. The summed E-state index contributed by atoms with van der Waals surface area (Å²) in [5.74, 6) is 1.73. The van der Waals surface area contributed by atoms with Crippen molar-refractivity contribution in [3.05, 3.63) is 95.9 Å². The molecule has 9 heteroatoms. The molecule has 40 heavy (non-hydrogen) atoms. The molecule has 206 valence electrons. The van der Waals surface area contributed by atoms with Gasteiger partial charge in [0.15, 0.2) is 0 Å². The van der Waals surface area contributed by atoms with Crippen molar-refractivity contribution in [1.29, 1.82) is 0 Å². The molecular formula is C31H30N2O7. The van der Waals surface area contributed by atoms with E-state index in [1.807, 2.05) is 37.3 Å². The van der Waals surface area contributed by atoms with Crippen LogP contribution in [0.4, 0.5) is 4.79 Å². The van der Waals surface area contributed by atoms with Crippen LogP contribution >= 0.6 is 0 Å². The standard InChI is InChI=1S/C29H28N2O7.C2H2/c1-20-26(30-28(37-20)22-6-4-3-5-7-22)16-17-36-24-10-8-21(9-11-24)18-31(19-27(32)33)29(34)38-25-14-12-23(35-2)13-15-25;1-2/h3-15H,16-19H2,1-2H3,(H,32,33);1-2H. The molecule has 0 aliphatic heterocycles. The third-order valence-corrected chi connectivity index (χ3v) is 5.67. The van der Waals surface area contributed by atoms with Gasteiger partial charge in [0.2, 0.25) is 5.89 Å². The number of aryl methyl sites for hydroxylation is 1. The minimum absolute atomic E-state index is 0.0575. The van der Waals surface area contributed by atoms with E-state index >= 15 is 0 Å². The van der Waals surface area contributed by atoms with Crippen molar-refractivity contribution in [3.63, 3.8) is 0 Å². The number of oxazole rings is 1. The maximum atomic E-state index is 12.6. The molecule has 0 atom stereocenters. The Morgan fingerprint density at radius 2 is 1.55 bits per heavy atom. The van der Waals surface area contributed by atoms with Crippen molar-refractivity contribution in [3.8, 4) is 41.5 Å². The van der Waals surface area contributed by atoms with E-state index in [0.717, 1.165) is 27.5 Å². The quantitative estimate of drug-likeness (QED) is 0.243. The normalized spacial score (nSPS) is 10.1. The number of carbonyl (C=O) groups is 2. The summed E-state index contributed by atoms with van der Waals surface area (Å²) in [5, 5.41) is 9.27. The van der Waals surface area contributed by atoms with Gasteiger partial charge >= 0.3 is 12.1 Å². The van der Waals surface area contributed by atoms with Gasteiger partial charge in [-0.25, -0.2) is 9.78 Å². The molecule has 9 nitrogen and oxygen atoms in total. The first kappa shape index (κ1) is 29.3. The molecule has 1 N–H and O–H groups in total. The van der Waals surface area contributed by atoms with E-state index in [2.05, 4.69) is 17.8 Å². The van der Waals surface area contributed by atoms with E-state index in [-0.39, 0.29) is 12.3 Å². The summed E-state index contributed by atoms with van der Waals surface area (Å²) in [6, 6.07) is 23.3. The number of ether oxygens (including phenoxy) is 3. The van der Waals surface area contributed by atoms with Crippen molar-refractivity contribution in [1.82, 2.24) is 9.88 Å². The molecule has 0 spiro atoms. The van der Waals surface area contributed by atoms with E-state index in [0.29, 0.717) is 30.4 Å². The molecule has 0 saturated heterocycles. The first-order valence-corrected chi connectivity index (χ1v) is 12.3. The minimum atomic E-state index is -1.14. The number of benzene rings is 3. The van der Waals surface area contributed by atoms with Gasteiger partial charge in [0.25, 0.3) is 0 Å². The predicted molar refractivity (Wildman–Crippen MR) is 149 cm³/mol. The van der Waals surface area contributed by atoms with Crippen molar-refractivity contribution in [2.75, 3.05) is 20.3 Å². The van der Waals surface area contributed by atoms with Gasteiger partial charge in [-0.15, -0.1) is 12.8 Å². The molecule has 1 heterocycles. The Bertz CT molecular complexity index is 1400. The lowest BCUT2D eigenvalue weighted by atomic mass is 10.2. The predicted octanol–water partition coefficient (Wildman–Crippen LogP) is 5.62. The minimum Gasteiger partial charge on any atom is -0.497 e. The average molecular weight is 543 g/mol. The highest BCUT2D eigenvalue weighted by molar-refractivity contribution is 5.78. The molecule has 0 saturated carbocycles. The fourth-order valence-corrected chi connectivity index (χ4v) is 3.70. The van der Waals surface area contributed by atoms with E-state index in [4.69, 9.17) is 18.6 Å². The van der Waals surface area contributed by atoms with Crippen LogP contribution < -0.4 is 14.2 Å². The van der Waals surface area contributed by atoms with Crippen molar-refractivity contribution >= 4 is 12.1 Å². The molecule has 0 fully saturated rings. The topological polar surface area (TPSA) is 111 Å². The van der Waals surface area contributed by atoms with E-state index in [1.54, 1.807) is 48.5 Å². The summed E-state index contributed by atoms with van der Waals surface area (Å²) in [5.41, 5.74) is 2.48. The smallest absolute Gasteiger partial charge is 0.416 e. The van der Waals surface area contributed by atoms with Gasteiger partial charge in [-0.1, -0.05) is 30.3 Å². The van der Waals surface area contributed by atoms with Crippen LogP contribution in [0.15, 0.2) is 83.3 Å². The van der Waals surface area contributed by atoms with Gasteiger partial charge in [-0.2, -0.15) is 0 Å². The highest BCUT2D eigenvalue weighted by Crippen LogP contribution is 2.22. The molecule has 3 aromatic carbocycles. The lowest BCUT2D eigenvalue weighted by molar-refractivity contribution is -0.138. The first-order chi connectivity index (χ1) is 19.4. The van der Waals surface area contributed by atoms with Gasteiger partial charge in [0, 0.05) is 18.5 Å². The van der Waals surface area contributed by atoms with Gasteiger partial charge in [-0.05, 0) is 61.0 Å². The number of rotatable bonds is 11. The Hall–Kier alpha value is -5.23. The van der Waals surface area contributed by atoms with E-state index in [9.17, 15) is 14.7 Å². The molecule has 4 aromatic rings. The number of aliphatic carboxylic acids is 1. The number of carbonyl (C=O) groups excluding carboxylic acids is 1. The van der Waals surface area contributed by atoms with Crippen LogP contribution in [0.2, 0.25) is 0 Å². The van der Waals surface area contributed by atoms with Crippen LogP contribution in [0, 0.1) is 19.8 Å². The van der Waals surface area contributed by atoms with Gasteiger partial charge in [-0.3, -0.25) is 9.69 Å². The zero-order valence-electron chi connectivity index (χ0n) is 22.3. The highest BCUT2D eigenvalue weighted by atomic mass is 16.6. The molecule has 0 radical (unpaired) electrons. The number of hydrogen-bond acceptors (Lipinski definition) is 7. The zero-order valence-corrected chi connectivity index (χ0v) is 22.3. The van der Waals surface area contributed by atoms with Crippen LogP contribution in [0.25, 0.3) is 11.5 Å². The van der Waals surface area contributed by atoms with Gasteiger partial charge < -0.3 is 23.7 Å². The van der Waals surface area contributed by atoms with Gasteiger partial charge in [0.05, 0.1) is 19.4 Å². The van der Waals surface area contributed by atoms with Crippen LogP contribution in [-0.2, 0) is 17.8 Å². The molecule has 0 aliphatic carbocycles. The summed E-state index contributed by atoms with van der Waals surface area (Å²) >= 11 is 0. The van der Waals surface area contributed by atoms with Crippen molar-refractivity contribution < 1.29 is 33.3 Å². The second-order valence-electron chi connectivity index (χ2n) is 8.42. The van der Waals surface area contributed by atoms with Crippen LogP contribution in [0.1, 0.15) is 17.0 Å². The second kappa shape index (κ2) is 14.6. The number of amides is 1. The molecule has 0 aliphatic rings. The monoisotopic (exact) mass is 542 g/mol. The summed E-state index contributed by atoms with van der Waals surface area (Å²) in [4.78, 5) is 29.7. The van der Waals surface area contributed by atoms with Crippen LogP contribution in [-0.4, -0.2) is 47.3 Å². The molecule has 1 amide bonds. The third-order valence-electron chi connectivity index (χ3n) is 5.67. The highest BCUT2D eigenvalue weighted by Gasteiger charge is 2.20. The fraction of sp³-hybridized carbons (Fsp3) is 0.194. The summed E-state index contributed by atoms with van der Waals surface area (Å²) in [6.45, 7) is 1.84. The molecule has 0 bridgehead atoms. The Balaban J connectivity index is 0.00000216. The lowest BCUT2D eigenvalue weighted by Gasteiger charge is -2.20. The summed E-state index contributed by atoms with van der Waals surface area (Å²) in [7, 11) is 1.53. The number of aromatic nitrogens is 1. The maximum Gasteiger partial charge on any atom is 0.416 e. The van der Waals surface area contributed by atoms with Crippen molar-refractivity contribution in [2.45, 2.75) is 19.9 Å². The molecule has 4 rings (SSSR count). The molecule has 1 aromatic heterocycles. The Morgan fingerprint density at radius 3 is 2.17 bits per heavy atom. The number of terminal acetylenes is 1. The second-order valence-corrected chi connectivity index (χ2v) is 8.42. The largest absolute Gasteiger partial charge is 0.497 e. The molecule has 0 unspecified atom stereocenters. The number of methoxy groups -OCH3 is 1. The van der Waals surface area contributed by atoms with Crippen LogP contribution in [0.3, 0.4) is 0 Å². The average Bonchev–Trinajstić information content (AvgIpc) is 3.35. The summed E-state index contributed by atoms with van der Waals surface area (Å²) in [6.07, 6.45) is 7.81. The molecular weight excluding hydrogens is 512 g/mol. The van der Waals surface area contributed by atoms with Gasteiger partial charge in [0.1, 0.15) is 29.6 Å². The number of carboxylic acid groups (broad SMARTS) is 1. The zero-order chi connectivity index (χ0) is 28.9. The summed E-state index contributed by atoms with van der Waals surface area (Å²) < 4.78 is 22.1. The fourth-order valence-electron chi connectivity index (χ4n) is 3.70. The Kier molecular flexibility index (Phi) is 10.7. The number of carboxylic acids is 1. The Morgan fingerprint density at radius 1 is 0.925 bits per heavy atom. The third kappa shape index (κ3) is 8.39. The first-order valence-electron chi connectivity index (χ1n) is 12.3. The van der Waals surface area contributed by atoms with Crippen molar-refractivity contribution in [2.24, 2.45) is 0 Å². The lowest BCUT2D eigenvalue weighted by Crippen LogP contribution is -2.37. The maximum absolute atomic E-state index is 12.6. The van der Waals surface area contributed by atoms with E-state index < -0.39 is 18.6 Å². The Labute approximate surface area is 232 Å². The van der Waals surface area contributed by atoms with E-state index in [1.165, 1.54) is 7.11 Å².